The number of benzene rings is 2. The SMILES string of the molecule is Cc1cnn(CCN(Cc2ccc(C#N)cc2F)Cc2ccc(C#N)cc2F)c1. The summed E-state index contributed by atoms with van der Waals surface area (Å²) in [5.74, 6) is -0.937. The predicted octanol–water partition coefficient (Wildman–Crippen LogP) is 3.92. The second-order valence-corrected chi connectivity index (χ2v) is 6.83. The Morgan fingerprint density at radius 2 is 1.52 bits per heavy atom. The zero-order chi connectivity index (χ0) is 20.8. The molecule has 0 atom stereocenters. The van der Waals surface area contributed by atoms with E-state index in [0.29, 0.717) is 24.2 Å². The van der Waals surface area contributed by atoms with Crippen LogP contribution in [0.3, 0.4) is 0 Å². The van der Waals surface area contributed by atoms with Crippen molar-refractivity contribution in [2.75, 3.05) is 6.54 Å². The van der Waals surface area contributed by atoms with Crippen molar-refractivity contribution in [3.63, 3.8) is 0 Å². The molecule has 0 saturated carbocycles. The summed E-state index contributed by atoms with van der Waals surface area (Å²) in [6, 6.07) is 12.5. The molecule has 0 unspecified atom stereocenters. The number of aromatic nitrogens is 2. The molecule has 0 bridgehead atoms. The van der Waals surface area contributed by atoms with E-state index in [1.807, 2.05) is 30.2 Å². The average Bonchev–Trinajstić information content (AvgIpc) is 3.14. The summed E-state index contributed by atoms with van der Waals surface area (Å²) in [6.07, 6.45) is 3.66. The topological polar surface area (TPSA) is 68.6 Å². The van der Waals surface area contributed by atoms with Gasteiger partial charge in [-0.3, -0.25) is 9.58 Å². The molecule has 0 radical (unpaired) electrons. The van der Waals surface area contributed by atoms with Gasteiger partial charge in [0.15, 0.2) is 0 Å². The van der Waals surface area contributed by atoms with Crippen molar-refractivity contribution in [3.8, 4) is 12.1 Å². The fourth-order valence-electron chi connectivity index (χ4n) is 3.02. The lowest BCUT2D eigenvalue weighted by Gasteiger charge is -2.23. The van der Waals surface area contributed by atoms with Gasteiger partial charge < -0.3 is 0 Å². The quantitative estimate of drug-likeness (QED) is 0.612. The minimum Gasteiger partial charge on any atom is -0.293 e. The molecule has 0 aliphatic heterocycles. The molecule has 0 amide bonds. The van der Waals surface area contributed by atoms with Crippen molar-refractivity contribution in [2.45, 2.75) is 26.6 Å². The Kier molecular flexibility index (Phi) is 6.33. The third-order valence-corrected chi connectivity index (χ3v) is 4.56. The van der Waals surface area contributed by atoms with Crippen LogP contribution in [0.2, 0.25) is 0 Å². The van der Waals surface area contributed by atoms with Gasteiger partial charge in [-0.2, -0.15) is 15.6 Å². The standard InChI is InChI=1S/C22H19F2N5/c1-16-12-27-29(13-16)7-6-28(14-19-4-2-17(10-25)8-21(19)23)15-20-5-3-18(11-26)9-22(20)24/h2-5,8-9,12-13H,6-7,14-15H2,1H3. The van der Waals surface area contributed by atoms with Gasteiger partial charge in [-0.05, 0) is 36.8 Å². The van der Waals surface area contributed by atoms with Gasteiger partial charge in [0.2, 0.25) is 0 Å². The van der Waals surface area contributed by atoms with Gasteiger partial charge in [0, 0.05) is 37.0 Å². The van der Waals surface area contributed by atoms with Gasteiger partial charge in [0.05, 0.1) is 36.0 Å². The van der Waals surface area contributed by atoms with Gasteiger partial charge >= 0.3 is 0 Å². The molecule has 146 valence electrons. The summed E-state index contributed by atoms with van der Waals surface area (Å²) in [5, 5.41) is 22.1. The number of rotatable bonds is 7. The number of hydrogen-bond donors (Lipinski definition) is 0. The summed E-state index contributed by atoms with van der Waals surface area (Å²) < 4.78 is 30.5. The van der Waals surface area contributed by atoms with Crippen LogP contribution in [0, 0.1) is 41.2 Å². The van der Waals surface area contributed by atoms with E-state index in [2.05, 4.69) is 5.10 Å². The highest BCUT2D eigenvalue weighted by molar-refractivity contribution is 5.34. The first-order valence-electron chi connectivity index (χ1n) is 9.07. The third-order valence-electron chi connectivity index (χ3n) is 4.56. The van der Waals surface area contributed by atoms with Crippen molar-refractivity contribution < 1.29 is 8.78 Å². The predicted molar refractivity (Wildman–Crippen MR) is 103 cm³/mol. The molecule has 5 nitrogen and oxygen atoms in total. The minimum atomic E-state index is -0.468. The van der Waals surface area contributed by atoms with Crippen LogP contribution < -0.4 is 0 Å². The van der Waals surface area contributed by atoms with Crippen LogP contribution in [0.4, 0.5) is 8.78 Å². The molecule has 0 aliphatic rings. The molecular formula is C22H19F2N5. The molecule has 29 heavy (non-hydrogen) atoms. The molecule has 3 rings (SSSR count). The maximum absolute atomic E-state index is 14.4. The summed E-state index contributed by atoms with van der Waals surface area (Å²) >= 11 is 0. The summed E-state index contributed by atoms with van der Waals surface area (Å²) in [5.41, 5.74) is 2.39. The second kappa shape index (κ2) is 9.09. The van der Waals surface area contributed by atoms with Gasteiger partial charge in [0.1, 0.15) is 11.6 Å². The van der Waals surface area contributed by atoms with Crippen molar-refractivity contribution >= 4 is 0 Å². The Morgan fingerprint density at radius 3 is 1.93 bits per heavy atom. The first-order chi connectivity index (χ1) is 14.0. The molecule has 0 saturated heterocycles. The van der Waals surface area contributed by atoms with E-state index in [1.165, 1.54) is 12.1 Å². The number of halogens is 2. The molecule has 1 aromatic heterocycles. The summed E-state index contributed by atoms with van der Waals surface area (Å²) in [7, 11) is 0. The van der Waals surface area contributed by atoms with Crippen molar-refractivity contribution in [1.82, 2.24) is 14.7 Å². The maximum atomic E-state index is 14.4. The molecular weight excluding hydrogens is 372 g/mol. The normalized spacial score (nSPS) is 10.7. The lowest BCUT2D eigenvalue weighted by Crippen LogP contribution is -2.28. The number of nitrogens with zero attached hydrogens (tertiary/aromatic N) is 5. The Labute approximate surface area is 168 Å². The van der Waals surface area contributed by atoms with Gasteiger partial charge in [-0.15, -0.1) is 0 Å². The monoisotopic (exact) mass is 391 g/mol. The number of nitriles is 2. The lowest BCUT2D eigenvalue weighted by molar-refractivity contribution is 0.236. The van der Waals surface area contributed by atoms with Crippen molar-refractivity contribution in [1.29, 1.82) is 10.5 Å². The van der Waals surface area contributed by atoms with E-state index in [-0.39, 0.29) is 24.2 Å². The minimum absolute atomic E-state index is 0.247. The largest absolute Gasteiger partial charge is 0.293 e. The van der Waals surface area contributed by atoms with Gasteiger partial charge in [0.25, 0.3) is 0 Å². The van der Waals surface area contributed by atoms with E-state index in [1.54, 1.807) is 35.1 Å². The van der Waals surface area contributed by atoms with Crippen LogP contribution in [-0.2, 0) is 19.6 Å². The molecule has 0 aliphatic carbocycles. The number of hydrogen-bond acceptors (Lipinski definition) is 4. The van der Waals surface area contributed by atoms with E-state index < -0.39 is 11.6 Å². The van der Waals surface area contributed by atoms with E-state index >= 15 is 0 Å². The van der Waals surface area contributed by atoms with Crippen LogP contribution in [0.1, 0.15) is 27.8 Å². The summed E-state index contributed by atoms with van der Waals surface area (Å²) in [4.78, 5) is 1.91. The molecule has 1 heterocycles. The fraction of sp³-hybridized carbons (Fsp3) is 0.227. The Morgan fingerprint density at radius 1 is 0.966 bits per heavy atom. The maximum Gasteiger partial charge on any atom is 0.129 e. The van der Waals surface area contributed by atoms with Crippen molar-refractivity contribution in [3.05, 3.63) is 88.2 Å². The molecule has 0 N–H and O–H groups in total. The van der Waals surface area contributed by atoms with Gasteiger partial charge in [-0.25, -0.2) is 8.78 Å². The zero-order valence-electron chi connectivity index (χ0n) is 15.9. The number of aryl methyl sites for hydroxylation is 1. The smallest absolute Gasteiger partial charge is 0.129 e. The summed E-state index contributed by atoms with van der Waals surface area (Å²) in [6.45, 7) is 3.51. The average molecular weight is 391 g/mol. The zero-order valence-corrected chi connectivity index (χ0v) is 15.9. The van der Waals surface area contributed by atoms with Crippen molar-refractivity contribution in [2.24, 2.45) is 0 Å². The Hall–Kier alpha value is -3.55. The molecule has 2 aromatic carbocycles. The van der Waals surface area contributed by atoms with E-state index in [9.17, 15) is 8.78 Å². The fourth-order valence-corrected chi connectivity index (χ4v) is 3.02. The highest BCUT2D eigenvalue weighted by atomic mass is 19.1. The van der Waals surface area contributed by atoms with Crippen LogP contribution in [-0.4, -0.2) is 21.2 Å². The van der Waals surface area contributed by atoms with Crippen LogP contribution in [0.5, 0.6) is 0 Å². The highest BCUT2D eigenvalue weighted by Crippen LogP contribution is 2.17. The van der Waals surface area contributed by atoms with E-state index in [4.69, 9.17) is 10.5 Å². The Balaban J connectivity index is 1.81. The van der Waals surface area contributed by atoms with Crippen LogP contribution in [0.25, 0.3) is 0 Å². The molecule has 3 aromatic rings. The van der Waals surface area contributed by atoms with Crippen LogP contribution in [0.15, 0.2) is 48.8 Å². The first kappa shape index (κ1) is 20.2. The molecule has 0 spiro atoms. The second-order valence-electron chi connectivity index (χ2n) is 6.83. The molecule has 0 fully saturated rings. The third kappa shape index (κ3) is 5.25. The van der Waals surface area contributed by atoms with E-state index in [0.717, 1.165) is 5.56 Å². The van der Waals surface area contributed by atoms with Gasteiger partial charge in [-0.1, -0.05) is 12.1 Å². The Bertz CT molecular complexity index is 1030. The van der Waals surface area contributed by atoms with Crippen LogP contribution >= 0.6 is 0 Å². The highest BCUT2D eigenvalue weighted by Gasteiger charge is 2.14. The molecule has 7 heteroatoms. The lowest BCUT2D eigenvalue weighted by atomic mass is 10.1. The first-order valence-corrected chi connectivity index (χ1v) is 9.07.